The number of piperidine rings is 1. The first-order valence-electron chi connectivity index (χ1n) is 8.66. The van der Waals surface area contributed by atoms with E-state index in [1.807, 2.05) is 48.5 Å². The van der Waals surface area contributed by atoms with E-state index in [9.17, 15) is 4.79 Å². The normalized spacial score (nSPS) is 25.7. The minimum atomic E-state index is 0.120. The number of aromatic nitrogens is 1. The highest BCUT2D eigenvalue weighted by Gasteiger charge is 2.36. The number of carbonyl (C=O) groups is 1. The van der Waals surface area contributed by atoms with Gasteiger partial charge in [-0.15, -0.1) is 11.3 Å². The lowest BCUT2D eigenvalue weighted by Gasteiger charge is -2.35. The van der Waals surface area contributed by atoms with Crippen molar-refractivity contribution >= 4 is 17.2 Å². The summed E-state index contributed by atoms with van der Waals surface area (Å²) in [6, 6.07) is 9.40. The average molecular weight is 341 g/mol. The zero-order chi connectivity index (χ0) is 16.7. The average Bonchev–Trinajstić information content (AvgIpc) is 3.18. The van der Waals surface area contributed by atoms with Crippen molar-refractivity contribution in [2.75, 3.05) is 7.05 Å². The molecule has 2 fully saturated rings. The Morgan fingerprint density at radius 2 is 2.04 bits per heavy atom. The summed E-state index contributed by atoms with van der Waals surface area (Å²) in [6.45, 7) is 2.00. The molecule has 0 aliphatic carbocycles. The number of nitrogens with one attached hydrogen (secondary N) is 1. The van der Waals surface area contributed by atoms with Crippen molar-refractivity contribution in [3.63, 3.8) is 0 Å². The van der Waals surface area contributed by atoms with Crippen molar-refractivity contribution in [1.82, 2.24) is 15.2 Å². The van der Waals surface area contributed by atoms with Crippen molar-refractivity contribution < 1.29 is 4.79 Å². The number of hydrogen-bond acceptors (Lipinski definition) is 4. The van der Waals surface area contributed by atoms with E-state index in [1.165, 1.54) is 12.8 Å². The van der Waals surface area contributed by atoms with Crippen molar-refractivity contribution in [2.24, 2.45) is 0 Å². The fraction of sp³-hybridized carbons (Fsp3) is 0.474. The van der Waals surface area contributed by atoms with Gasteiger partial charge in [-0.2, -0.15) is 0 Å². The van der Waals surface area contributed by atoms with Crippen LogP contribution in [0.25, 0.3) is 11.3 Å². The summed E-state index contributed by atoms with van der Waals surface area (Å²) < 4.78 is 0. The van der Waals surface area contributed by atoms with E-state index in [-0.39, 0.29) is 5.91 Å². The highest BCUT2D eigenvalue weighted by Crippen LogP contribution is 2.30. The molecule has 2 bridgehead atoms. The molecular formula is C19H23N3OS. The zero-order valence-corrected chi connectivity index (χ0v) is 15.0. The van der Waals surface area contributed by atoms with Crippen LogP contribution in [0, 0.1) is 6.92 Å². The highest BCUT2D eigenvalue weighted by atomic mass is 32.1. The van der Waals surface area contributed by atoms with Crippen LogP contribution in [0.5, 0.6) is 0 Å². The molecule has 0 saturated carbocycles. The van der Waals surface area contributed by atoms with E-state index in [0.717, 1.165) is 34.7 Å². The van der Waals surface area contributed by atoms with Crippen molar-refractivity contribution in [3.05, 3.63) is 40.2 Å². The van der Waals surface area contributed by atoms with Gasteiger partial charge in [0, 0.05) is 41.7 Å². The number of amides is 1. The molecule has 2 atom stereocenters. The van der Waals surface area contributed by atoms with Crippen LogP contribution in [0.2, 0.25) is 0 Å². The predicted molar refractivity (Wildman–Crippen MR) is 97.3 cm³/mol. The fourth-order valence-corrected chi connectivity index (χ4v) is 4.64. The molecule has 1 amide bonds. The highest BCUT2D eigenvalue weighted by molar-refractivity contribution is 7.09. The molecule has 0 spiro atoms. The predicted octanol–water partition coefficient (Wildman–Crippen LogP) is 3.47. The van der Waals surface area contributed by atoms with E-state index in [0.29, 0.717) is 18.1 Å². The van der Waals surface area contributed by atoms with Crippen LogP contribution in [0.4, 0.5) is 0 Å². The molecule has 1 aromatic heterocycles. The van der Waals surface area contributed by atoms with Gasteiger partial charge in [0.1, 0.15) is 0 Å². The van der Waals surface area contributed by atoms with Gasteiger partial charge >= 0.3 is 0 Å². The Balaban J connectivity index is 1.53. The fourth-order valence-electron chi connectivity index (χ4n) is 4.02. The Labute approximate surface area is 146 Å². The summed E-state index contributed by atoms with van der Waals surface area (Å²) in [5.74, 6) is 0.120. The topological polar surface area (TPSA) is 45.2 Å². The molecular weight excluding hydrogens is 318 g/mol. The number of nitrogens with zero attached hydrogens (tertiary/aromatic N) is 2. The van der Waals surface area contributed by atoms with Gasteiger partial charge in [-0.1, -0.05) is 12.1 Å². The Kier molecular flexibility index (Phi) is 4.14. The first-order valence-corrected chi connectivity index (χ1v) is 9.54. The van der Waals surface area contributed by atoms with Gasteiger partial charge in [0.2, 0.25) is 0 Å². The maximum atomic E-state index is 13.0. The number of rotatable bonds is 3. The minimum Gasteiger partial charge on any atom is -0.339 e. The smallest absolute Gasteiger partial charge is 0.253 e. The maximum absolute atomic E-state index is 13.0. The summed E-state index contributed by atoms with van der Waals surface area (Å²) in [4.78, 5) is 19.4. The van der Waals surface area contributed by atoms with E-state index in [4.69, 9.17) is 0 Å². The van der Waals surface area contributed by atoms with Crippen molar-refractivity contribution in [2.45, 2.75) is 50.7 Å². The van der Waals surface area contributed by atoms with Gasteiger partial charge in [-0.3, -0.25) is 4.79 Å². The van der Waals surface area contributed by atoms with Crippen molar-refractivity contribution in [1.29, 1.82) is 0 Å². The first-order chi connectivity index (χ1) is 11.6. The Hall–Kier alpha value is -1.72. The lowest BCUT2D eigenvalue weighted by atomic mass is 9.97. The van der Waals surface area contributed by atoms with Gasteiger partial charge < -0.3 is 10.2 Å². The van der Waals surface area contributed by atoms with E-state index >= 15 is 0 Å². The third-order valence-corrected chi connectivity index (χ3v) is 6.11. The molecule has 3 heterocycles. The SMILES string of the molecule is Cc1nc(-c2cccc(C(=O)N(C)C3CC4CCC(C3)N4)c2)cs1. The summed E-state index contributed by atoms with van der Waals surface area (Å²) in [5.41, 5.74) is 2.73. The standard InChI is InChI=1S/C19H23N3OS/c1-12-20-18(11-24-12)13-4-3-5-14(8-13)19(23)22(2)17-9-15-6-7-16(10-17)21-15/h3-5,8,11,15-17,21H,6-7,9-10H2,1-2H3. The first kappa shape index (κ1) is 15.8. The molecule has 1 N–H and O–H groups in total. The maximum Gasteiger partial charge on any atom is 0.253 e. The van der Waals surface area contributed by atoms with Gasteiger partial charge in [0.05, 0.1) is 10.7 Å². The Morgan fingerprint density at radius 1 is 1.29 bits per heavy atom. The lowest BCUT2D eigenvalue weighted by Crippen LogP contribution is -2.48. The largest absolute Gasteiger partial charge is 0.339 e. The van der Waals surface area contributed by atoms with Crippen LogP contribution < -0.4 is 5.32 Å². The number of carbonyl (C=O) groups excluding carboxylic acids is 1. The molecule has 2 unspecified atom stereocenters. The van der Waals surface area contributed by atoms with E-state index in [2.05, 4.69) is 10.3 Å². The molecule has 24 heavy (non-hydrogen) atoms. The molecule has 126 valence electrons. The molecule has 2 saturated heterocycles. The number of aryl methyl sites for hydroxylation is 1. The van der Waals surface area contributed by atoms with Crippen molar-refractivity contribution in [3.8, 4) is 11.3 Å². The monoisotopic (exact) mass is 341 g/mol. The number of fused-ring (bicyclic) bond motifs is 2. The second-order valence-corrected chi connectivity index (χ2v) is 8.07. The van der Waals surface area contributed by atoms with Gasteiger partial charge in [-0.05, 0) is 44.7 Å². The van der Waals surface area contributed by atoms with Crippen LogP contribution >= 0.6 is 11.3 Å². The quantitative estimate of drug-likeness (QED) is 0.930. The van der Waals surface area contributed by atoms with Crippen LogP contribution in [0.3, 0.4) is 0 Å². The molecule has 4 nitrogen and oxygen atoms in total. The van der Waals surface area contributed by atoms with E-state index in [1.54, 1.807) is 11.3 Å². The Bertz CT molecular complexity index is 745. The van der Waals surface area contributed by atoms with Crippen LogP contribution in [-0.2, 0) is 0 Å². The third kappa shape index (κ3) is 2.98. The molecule has 2 aliphatic rings. The minimum absolute atomic E-state index is 0.120. The second kappa shape index (κ2) is 6.30. The number of thiazole rings is 1. The summed E-state index contributed by atoms with van der Waals surface area (Å²) >= 11 is 1.64. The summed E-state index contributed by atoms with van der Waals surface area (Å²) in [6.07, 6.45) is 4.65. The lowest BCUT2D eigenvalue weighted by molar-refractivity contribution is 0.0682. The van der Waals surface area contributed by atoms with E-state index < -0.39 is 0 Å². The Morgan fingerprint density at radius 3 is 2.71 bits per heavy atom. The molecule has 1 aromatic carbocycles. The number of benzene rings is 1. The van der Waals surface area contributed by atoms with Crippen LogP contribution in [0.15, 0.2) is 29.6 Å². The second-order valence-electron chi connectivity index (χ2n) is 7.01. The third-order valence-electron chi connectivity index (χ3n) is 5.34. The summed E-state index contributed by atoms with van der Waals surface area (Å²) in [7, 11) is 1.96. The molecule has 0 radical (unpaired) electrons. The molecule has 5 heteroatoms. The zero-order valence-electron chi connectivity index (χ0n) is 14.2. The van der Waals surface area contributed by atoms with Gasteiger partial charge in [-0.25, -0.2) is 4.98 Å². The van der Waals surface area contributed by atoms with Gasteiger partial charge in [0.25, 0.3) is 5.91 Å². The molecule has 2 aliphatic heterocycles. The summed E-state index contributed by atoms with van der Waals surface area (Å²) in [5, 5.41) is 6.74. The molecule has 2 aromatic rings. The van der Waals surface area contributed by atoms with Crippen LogP contribution in [-0.4, -0.2) is 41.0 Å². The van der Waals surface area contributed by atoms with Gasteiger partial charge in [0.15, 0.2) is 0 Å². The number of hydrogen-bond donors (Lipinski definition) is 1. The van der Waals surface area contributed by atoms with Crippen LogP contribution in [0.1, 0.15) is 41.0 Å². The molecule has 4 rings (SSSR count).